The lowest BCUT2D eigenvalue weighted by molar-refractivity contribution is 0.0535. The normalized spacial score (nSPS) is 18.0. The molecule has 0 amide bonds. The van der Waals surface area contributed by atoms with Crippen molar-refractivity contribution in [1.29, 1.82) is 0 Å². The largest absolute Gasteiger partial charge is 0.496 e. The third-order valence-electron chi connectivity index (χ3n) is 4.56. The summed E-state index contributed by atoms with van der Waals surface area (Å²) in [6, 6.07) is 6.40. The van der Waals surface area contributed by atoms with Gasteiger partial charge in [0.25, 0.3) is 0 Å². The molecule has 0 aliphatic carbocycles. The van der Waals surface area contributed by atoms with Gasteiger partial charge in [-0.2, -0.15) is 0 Å². The van der Waals surface area contributed by atoms with Crippen molar-refractivity contribution in [3.05, 3.63) is 29.3 Å². The van der Waals surface area contributed by atoms with Gasteiger partial charge in [-0.1, -0.05) is 17.7 Å². The number of benzene rings is 1. The van der Waals surface area contributed by atoms with Crippen molar-refractivity contribution in [1.82, 2.24) is 9.80 Å². The molecule has 1 fully saturated rings. The first-order chi connectivity index (χ1) is 9.96. The quantitative estimate of drug-likeness (QED) is 0.899. The highest BCUT2D eigenvalue weighted by Gasteiger charge is 2.28. The van der Waals surface area contributed by atoms with E-state index in [1.807, 2.05) is 0 Å². The van der Waals surface area contributed by atoms with Crippen LogP contribution in [0.25, 0.3) is 0 Å². The van der Waals surface area contributed by atoms with Crippen LogP contribution in [0.2, 0.25) is 0 Å². The topological polar surface area (TPSA) is 41.7 Å². The van der Waals surface area contributed by atoms with Crippen LogP contribution < -0.4 is 10.5 Å². The van der Waals surface area contributed by atoms with Gasteiger partial charge < -0.3 is 10.5 Å². The molecule has 4 heteroatoms. The summed E-state index contributed by atoms with van der Waals surface area (Å²) in [5.41, 5.74) is 8.55. The summed E-state index contributed by atoms with van der Waals surface area (Å²) in [7, 11) is 1.75. The number of piperazine rings is 1. The van der Waals surface area contributed by atoms with E-state index in [0.717, 1.165) is 38.5 Å². The van der Waals surface area contributed by atoms with Gasteiger partial charge in [-0.25, -0.2) is 0 Å². The van der Waals surface area contributed by atoms with Gasteiger partial charge in [-0.15, -0.1) is 0 Å². The van der Waals surface area contributed by atoms with Gasteiger partial charge >= 0.3 is 0 Å². The zero-order valence-corrected chi connectivity index (χ0v) is 13.9. The predicted molar refractivity (Wildman–Crippen MR) is 87.7 cm³/mol. The van der Waals surface area contributed by atoms with Crippen molar-refractivity contribution >= 4 is 0 Å². The molecule has 21 heavy (non-hydrogen) atoms. The number of aryl methyl sites for hydroxylation is 1. The van der Waals surface area contributed by atoms with E-state index in [-0.39, 0.29) is 5.54 Å². The fraction of sp³-hybridized carbons (Fsp3) is 0.647. The third kappa shape index (κ3) is 3.96. The Morgan fingerprint density at radius 2 is 1.86 bits per heavy atom. The first kappa shape index (κ1) is 16.3. The molecular weight excluding hydrogens is 262 g/mol. The number of hydrogen-bond donors (Lipinski definition) is 1. The number of rotatable bonds is 5. The van der Waals surface area contributed by atoms with Gasteiger partial charge in [0.15, 0.2) is 0 Å². The van der Waals surface area contributed by atoms with E-state index in [9.17, 15) is 0 Å². The van der Waals surface area contributed by atoms with Crippen LogP contribution in [0.3, 0.4) is 0 Å². The minimum Gasteiger partial charge on any atom is -0.496 e. The third-order valence-corrected chi connectivity index (χ3v) is 4.56. The molecular formula is C17H29N3O. The van der Waals surface area contributed by atoms with Crippen LogP contribution in [0.4, 0.5) is 0 Å². The van der Waals surface area contributed by atoms with Gasteiger partial charge in [0.1, 0.15) is 5.75 Å². The fourth-order valence-corrected chi connectivity index (χ4v) is 2.91. The van der Waals surface area contributed by atoms with Crippen LogP contribution in [0.15, 0.2) is 18.2 Å². The molecule has 1 aromatic rings. The molecule has 0 saturated carbocycles. The van der Waals surface area contributed by atoms with E-state index in [4.69, 9.17) is 10.5 Å². The Hall–Kier alpha value is -1.10. The summed E-state index contributed by atoms with van der Waals surface area (Å²) in [5, 5.41) is 0. The van der Waals surface area contributed by atoms with Crippen LogP contribution in [0.1, 0.15) is 25.0 Å². The standard InChI is InChI=1S/C17H29N3O/c1-14-5-6-16(21-4)15(11-14)12-19-7-9-20(10-8-19)17(2,3)13-18/h5-6,11H,7-10,12-13,18H2,1-4H3. The van der Waals surface area contributed by atoms with Crippen LogP contribution in [-0.2, 0) is 6.54 Å². The number of hydrogen-bond acceptors (Lipinski definition) is 4. The molecule has 118 valence electrons. The Kier molecular flexibility index (Phi) is 5.25. The van der Waals surface area contributed by atoms with Crippen molar-refractivity contribution in [3.63, 3.8) is 0 Å². The summed E-state index contributed by atoms with van der Waals surface area (Å²) in [6.07, 6.45) is 0. The fourth-order valence-electron chi connectivity index (χ4n) is 2.91. The van der Waals surface area contributed by atoms with Crippen LogP contribution in [0, 0.1) is 6.92 Å². The van der Waals surface area contributed by atoms with Crippen molar-refractivity contribution in [3.8, 4) is 5.75 Å². The number of nitrogens with zero attached hydrogens (tertiary/aromatic N) is 2. The highest BCUT2D eigenvalue weighted by Crippen LogP contribution is 2.23. The molecule has 1 aromatic carbocycles. The minimum absolute atomic E-state index is 0.104. The van der Waals surface area contributed by atoms with Gasteiger partial charge in [0.2, 0.25) is 0 Å². The zero-order chi connectivity index (χ0) is 15.5. The molecule has 1 heterocycles. The maximum atomic E-state index is 5.88. The highest BCUT2D eigenvalue weighted by atomic mass is 16.5. The Balaban J connectivity index is 1.96. The Bertz CT molecular complexity index is 465. The van der Waals surface area contributed by atoms with Gasteiger partial charge in [-0.05, 0) is 26.8 Å². The average molecular weight is 291 g/mol. The smallest absolute Gasteiger partial charge is 0.123 e. The first-order valence-electron chi connectivity index (χ1n) is 7.77. The van der Waals surface area contributed by atoms with Crippen LogP contribution in [0.5, 0.6) is 5.75 Å². The Labute approximate surface area is 128 Å². The second kappa shape index (κ2) is 6.77. The van der Waals surface area contributed by atoms with E-state index < -0.39 is 0 Å². The molecule has 0 bridgehead atoms. The molecule has 1 aliphatic rings. The maximum Gasteiger partial charge on any atom is 0.123 e. The van der Waals surface area contributed by atoms with E-state index in [1.165, 1.54) is 11.1 Å². The minimum atomic E-state index is 0.104. The molecule has 0 spiro atoms. The molecule has 1 aliphatic heterocycles. The lowest BCUT2D eigenvalue weighted by Crippen LogP contribution is -2.57. The van der Waals surface area contributed by atoms with E-state index in [1.54, 1.807) is 7.11 Å². The van der Waals surface area contributed by atoms with Crippen molar-refractivity contribution in [2.24, 2.45) is 5.73 Å². The van der Waals surface area contributed by atoms with E-state index in [0.29, 0.717) is 6.54 Å². The summed E-state index contributed by atoms with van der Waals surface area (Å²) in [6.45, 7) is 12.6. The average Bonchev–Trinajstić information content (AvgIpc) is 2.48. The predicted octanol–water partition coefficient (Wildman–Crippen LogP) is 1.86. The maximum absolute atomic E-state index is 5.88. The van der Waals surface area contributed by atoms with Gasteiger partial charge in [-0.3, -0.25) is 9.80 Å². The molecule has 1 saturated heterocycles. The summed E-state index contributed by atoms with van der Waals surface area (Å²) >= 11 is 0. The number of nitrogens with two attached hydrogens (primary N) is 1. The number of methoxy groups -OCH3 is 1. The molecule has 4 nitrogen and oxygen atoms in total. The highest BCUT2D eigenvalue weighted by molar-refractivity contribution is 5.36. The number of ether oxygens (including phenoxy) is 1. The summed E-state index contributed by atoms with van der Waals surface area (Å²) in [4.78, 5) is 5.00. The van der Waals surface area contributed by atoms with E-state index >= 15 is 0 Å². The SMILES string of the molecule is COc1ccc(C)cc1CN1CCN(C(C)(C)CN)CC1. The summed E-state index contributed by atoms with van der Waals surface area (Å²) in [5.74, 6) is 0.991. The monoisotopic (exact) mass is 291 g/mol. The molecule has 0 atom stereocenters. The second-order valence-corrected chi connectivity index (χ2v) is 6.60. The molecule has 2 N–H and O–H groups in total. The van der Waals surface area contributed by atoms with Gasteiger partial charge in [0, 0.05) is 50.4 Å². The lowest BCUT2D eigenvalue weighted by atomic mass is 10.0. The van der Waals surface area contributed by atoms with Crippen molar-refractivity contribution in [2.75, 3.05) is 39.8 Å². The Morgan fingerprint density at radius 1 is 1.19 bits per heavy atom. The molecule has 0 unspecified atom stereocenters. The lowest BCUT2D eigenvalue weighted by Gasteiger charge is -2.43. The van der Waals surface area contributed by atoms with Crippen molar-refractivity contribution in [2.45, 2.75) is 32.9 Å². The Morgan fingerprint density at radius 3 is 2.43 bits per heavy atom. The molecule has 0 aromatic heterocycles. The van der Waals surface area contributed by atoms with Gasteiger partial charge in [0.05, 0.1) is 7.11 Å². The zero-order valence-electron chi connectivity index (χ0n) is 13.9. The second-order valence-electron chi connectivity index (χ2n) is 6.60. The summed E-state index contributed by atoms with van der Waals surface area (Å²) < 4.78 is 5.48. The van der Waals surface area contributed by atoms with Crippen LogP contribution >= 0.6 is 0 Å². The molecule has 2 rings (SSSR count). The van der Waals surface area contributed by atoms with Crippen molar-refractivity contribution < 1.29 is 4.74 Å². The van der Waals surface area contributed by atoms with E-state index in [2.05, 4.69) is 48.8 Å². The van der Waals surface area contributed by atoms with Crippen LogP contribution in [-0.4, -0.2) is 55.2 Å². The molecule has 0 radical (unpaired) electrons. The first-order valence-corrected chi connectivity index (χ1v) is 7.77.